The van der Waals surface area contributed by atoms with Gasteiger partial charge in [-0.3, -0.25) is 43.2 Å². The Kier molecular flexibility index (Phi) is 20.6. The normalized spacial score (nSPS) is 14.7. The molecule has 0 aliphatic rings. The van der Waals surface area contributed by atoms with Crippen LogP contribution in [0.25, 0.3) is 0 Å². The van der Waals surface area contributed by atoms with Crippen LogP contribution in [0.3, 0.4) is 0 Å². The summed E-state index contributed by atoms with van der Waals surface area (Å²) < 4.78 is 0. The molecule has 0 saturated heterocycles. The predicted molar refractivity (Wildman–Crippen MR) is 220 cm³/mol. The number of aromatic hydroxyl groups is 1. The summed E-state index contributed by atoms with van der Waals surface area (Å²) in [4.78, 5) is 127. The molecule has 2 aromatic rings. The van der Waals surface area contributed by atoms with E-state index in [2.05, 4.69) is 37.2 Å². The Morgan fingerprint density at radius 1 is 0.524 bits per heavy atom. The molecule has 22 nitrogen and oxygen atoms in total. The van der Waals surface area contributed by atoms with Crippen molar-refractivity contribution in [2.75, 3.05) is 0 Å². The van der Waals surface area contributed by atoms with Gasteiger partial charge in [-0.25, -0.2) is 4.79 Å². The number of amides is 7. The van der Waals surface area contributed by atoms with Gasteiger partial charge in [0, 0.05) is 19.8 Å². The molecule has 2 rings (SSSR count). The molecule has 0 saturated carbocycles. The van der Waals surface area contributed by atoms with Gasteiger partial charge in [-0.1, -0.05) is 56.3 Å². The van der Waals surface area contributed by atoms with E-state index in [1.807, 2.05) is 0 Å². The molecule has 0 aromatic heterocycles. The van der Waals surface area contributed by atoms with E-state index in [-0.39, 0.29) is 30.9 Å². The summed E-state index contributed by atoms with van der Waals surface area (Å²) in [6.45, 7) is 6.83. The number of nitrogens with one attached hydrogen (secondary N) is 7. The van der Waals surface area contributed by atoms with Crippen LogP contribution in [0.1, 0.15) is 65.0 Å². The number of aliphatic hydroxyl groups is 1. The minimum Gasteiger partial charge on any atom is -0.508 e. The van der Waals surface area contributed by atoms with E-state index in [9.17, 15) is 73.5 Å². The Labute approximate surface area is 362 Å². The molecule has 22 heteroatoms. The van der Waals surface area contributed by atoms with Crippen LogP contribution in [0, 0.1) is 5.92 Å². The number of carbonyl (C=O) groups excluding carboxylic acids is 7. The van der Waals surface area contributed by atoms with Crippen molar-refractivity contribution in [3.63, 3.8) is 0 Å². The van der Waals surface area contributed by atoms with Gasteiger partial charge in [0.25, 0.3) is 0 Å². The van der Waals surface area contributed by atoms with Gasteiger partial charge in [-0.05, 0) is 49.4 Å². The summed E-state index contributed by atoms with van der Waals surface area (Å²) in [5.41, 5.74) is 0.978. The van der Waals surface area contributed by atoms with Gasteiger partial charge in [0.1, 0.15) is 48.0 Å². The predicted octanol–water partition coefficient (Wildman–Crippen LogP) is -1.93. The lowest BCUT2D eigenvalue weighted by atomic mass is 10.0. The Morgan fingerprint density at radius 2 is 1.00 bits per heavy atom. The van der Waals surface area contributed by atoms with Crippen LogP contribution in [-0.2, 0) is 60.8 Å². The van der Waals surface area contributed by atoms with Crippen LogP contribution in [0.5, 0.6) is 5.75 Å². The fraction of sp³-hybridized carbons (Fsp3) is 0.463. The molecule has 2 aromatic carbocycles. The Hall–Kier alpha value is -7.10. The quantitative estimate of drug-likeness (QED) is 0.0517. The molecule has 0 radical (unpaired) electrons. The first kappa shape index (κ1) is 52.0. The summed E-state index contributed by atoms with van der Waals surface area (Å²) in [6.07, 6.45) is -3.99. The second-order valence-electron chi connectivity index (χ2n) is 15.2. The molecule has 12 N–H and O–H groups in total. The second kappa shape index (κ2) is 25.0. The number of carboxylic acid groups (broad SMARTS) is 3. The summed E-state index contributed by atoms with van der Waals surface area (Å²) in [5.74, 6) is -12.2. The molecule has 0 unspecified atom stereocenters. The van der Waals surface area contributed by atoms with Gasteiger partial charge in [-0.15, -0.1) is 0 Å². The van der Waals surface area contributed by atoms with Gasteiger partial charge in [-0.2, -0.15) is 0 Å². The number of aliphatic hydroxyl groups excluding tert-OH is 1. The molecule has 0 aliphatic carbocycles. The van der Waals surface area contributed by atoms with Crippen LogP contribution < -0.4 is 37.2 Å². The van der Waals surface area contributed by atoms with E-state index in [1.54, 1.807) is 44.2 Å². The minimum atomic E-state index is -1.88. The molecule has 0 aliphatic heterocycles. The summed E-state index contributed by atoms with van der Waals surface area (Å²) in [5, 5.41) is 64.9. The van der Waals surface area contributed by atoms with E-state index < -0.39 is 120 Å². The summed E-state index contributed by atoms with van der Waals surface area (Å²) in [6, 6.07) is 2.81. The Bertz CT molecular complexity index is 1980. The lowest BCUT2D eigenvalue weighted by molar-refractivity contribution is -0.143. The van der Waals surface area contributed by atoms with Crippen LogP contribution in [0.15, 0.2) is 54.6 Å². The maximum absolute atomic E-state index is 13.6. The average molecular weight is 886 g/mol. The molecule has 63 heavy (non-hydrogen) atoms. The molecule has 8 atom stereocenters. The maximum Gasteiger partial charge on any atom is 0.326 e. The monoisotopic (exact) mass is 885 g/mol. The number of phenolic OH excluding ortho intramolecular Hbond substituents is 1. The zero-order chi connectivity index (χ0) is 47.6. The highest BCUT2D eigenvalue weighted by Gasteiger charge is 2.35. The largest absolute Gasteiger partial charge is 0.508 e. The van der Waals surface area contributed by atoms with Crippen molar-refractivity contribution in [3.05, 3.63) is 65.7 Å². The summed E-state index contributed by atoms with van der Waals surface area (Å²) >= 11 is 0. The van der Waals surface area contributed by atoms with Gasteiger partial charge < -0.3 is 62.8 Å². The number of aliphatic carboxylic acids is 3. The van der Waals surface area contributed by atoms with E-state index in [0.717, 1.165) is 6.92 Å². The summed E-state index contributed by atoms with van der Waals surface area (Å²) in [7, 11) is 0. The number of benzene rings is 2. The van der Waals surface area contributed by atoms with Crippen LogP contribution in [0.2, 0.25) is 0 Å². The van der Waals surface area contributed by atoms with Crippen molar-refractivity contribution in [2.24, 2.45) is 5.92 Å². The number of carboxylic acids is 3. The Morgan fingerprint density at radius 3 is 1.51 bits per heavy atom. The van der Waals surface area contributed by atoms with E-state index in [0.29, 0.717) is 11.1 Å². The number of hydrogen-bond acceptors (Lipinski definition) is 12. The van der Waals surface area contributed by atoms with Crippen LogP contribution >= 0.6 is 0 Å². The lowest BCUT2D eigenvalue weighted by Crippen LogP contribution is -2.61. The zero-order valence-electron chi connectivity index (χ0n) is 35.2. The third kappa shape index (κ3) is 18.6. The third-order valence-electron chi connectivity index (χ3n) is 9.12. The van der Waals surface area contributed by atoms with Crippen molar-refractivity contribution < 1.29 is 73.5 Å². The second-order valence-corrected chi connectivity index (χ2v) is 15.2. The number of carbonyl (C=O) groups is 10. The smallest absolute Gasteiger partial charge is 0.326 e. The van der Waals surface area contributed by atoms with Crippen molar-refractivity contribution in [3.8, 4) is 5.75 Å². The number of phenols is 1. The zero-order valence-corrected chi connectivity index (χ0v) is 35.2. The molecule has 0 heterocycles. The molecular weight excluding hydrogens is 830 g/mol. The number of rotatable bonds is 25. The fourth-order valence-corrected chi connectivity index (χ4v) is 6.04. The first-order valence-corrected chi connectivity index (χ1v) is 19.7. The highest BCUT2D eigenvalue weighted by molar-refractivity contribution is 5.98. The highest BCUT2D eigenvalue weighted by atomic mass is 16.4. The van der Waals surface area contributed by atoms with E-state index >= 15 is 0 Å². The van der Waals surface area contributed by atoms with Gasteiger partial charge in [0.05, 0.1) is 18.9 Å². The molecular formula is C41H55N7O15. The topological polar surface area (TPSA) is 356 Å². The number of hydrogen-bond donors (Lipinski definition) is 12. The van der Waals surface area contributed by atoms with Gasteiger partial charge in [0.15, 0.2) is 0 Å². The first-order valence-electron chi connectivity index (χ1n) is 19.7. The maximum atomic E-state index is 13.6. The lowest BCUT2D eigenvalue weighted by Gasteiger charge is -2.28. The molecule has 0 spiro atoms. The standard InChI is InChI=1S/C41H55N7O15/c1-20(2)14-27(46-40(61)34(22(4)49)48-39(60)28(43-23(5)50)16-24-10-7-6-8-11-24)37(58)45-29(18-32(52)53)36(57)42-21(3)35(56)44-30(19-33(54)55)38(59)47-31(41(62)63)17-25-12-9-13-26(51)15-25/h6-13,15,20-22,27-31,34,49,51H,14,16-19H2,1-5H3,(H,42,57)(H,43,50)(H,44,56)(H,45,58)(H,46,61)(H,47,59)(H,48,60)(H,52,53)(H,54,55)(H,62,63)/t21-,22-,27-,28-,29-,30-,31-,34-/m0/s1. The van der Waals surface area contributed by atoms with Gasteiger partial charge >= 0.3 is 17.9 Å². The average Bonchev–Trinajstić information content (AvgIpc) is 3.17. The SMILES string of the molecule is CC(=O)N[C@@H](Cc1ccccc1)C(=O)N[C@H](C(=O)N[C@@H](CC(C)C)C(=O)N[C@@H](CC(=O)O)C(=O)N[C@@H](C)C(=O)N[C@@H](CC(=O)O)C(=O)N[C@@H](Cc1cccc(O)c1)C(=O)O)[C@H](C)O. The highest BCUT2D eigenvalue weighted by Crippen LogP contribution is 2.14. The van der Waals surface area contributed by atoms with E-state index in [1.165, 1.54) is 38.1 Å². The molecule has 0 bridgehead atoms. The Balaban J connectivity index is 2.22. The van der Waals surface area contributed by atoms with Gasteiger partial charge in [0.2, 0.25) is 41.4 Å². The van der Waals surface area contributed by atoms with Crippen molar-refractivity contribution in [2.45, 2.75) is 115 Å². The molecule has 344 valence electrons. The van der Waals surface area contributed by atoms with Crippen molar-refractivity contribution in [1.29, 1.82) is 0 Å². The first-order chi connectivity index (χ1) is 29.5. The van der Waals surface area contributed by atoms with Crippen molar-refractivity contribution in [1.82, 2.24) is 37.2 Å². The van der Waals surface area contributed by atoms with E-state index in [4.69, 9.17) is 0 Å². The van der Waals surface area contributed by atoms with Crippen molar-refractivity contribution >= 4 is 59.3 Å². The molecule has 7 amide bonds. The van der Waals surface area contributed by atoms with Crippen LogP contribution in [0.4, 0.5) is 0 Å². The minimum absolute atomic E-state index is 0.0278. The third-order valence-corrected chi connectivity index (χ3v) is 9.12. The molecule has 0 fully saturated rings. The van der Waals surface area contributed by atoms with Crippen LogP contribution in [-0.4, -0.2) is 133 Å². The fourth-order valence-electron chi connectivity index (χ4n) is 6.04.